The fraction of sp³-hybridized carbons (Fsp3) is 0.550. The van der Waals surface area contributed by atoms with Crippen molar-refractivity contribution >= 4 is 5.91 Å². The Morgan fingerprint density at radius 3 is 2.65 bits per heavy atom. The smallest absolute Gasteiger partial charge is 0.226 e. The highest BCUT2D eigenvalue weighted by Crippen LogP contribution is 2.32. The molecule has 2 heterocycles. The summed E-state index contributed by atoms with van der Waals surface area (Å²) in [6.07, 6.45) is 2.28. The van der Waals surface area contributed by atoms with Crippen molar-refractivity contribution in [3.8, 4) is 5.75 Å². The number of likely N-dealkylation sites (tertiary alicyclic amines) is 1. The molecule has 1 aromatic carbocycles. The number of carbonyl (C=O) groups excluding carboxylic acids is 1. The van der Waals surface area contributed by atoms with Crippen LogP contribution in [-0.2, 0) is 4.79 Å². The summed E-state index contributed by atoms with van der Waals surface area (Å²) in [4.78, 5) is 14.7. The molecule has 2 atom stereocenters. The molecular weight excluding hydrogens is 330 g/mol. The minimum absolute atomic E-state index is 0.0521. The molecule has 3 rings (SSSR count). The lowest BCUT2D eigenvalue weighted by molar-refractivity contribution is -0.135. The minimum Gasteiger partial charge on any atom is -0.493 e. The summed E-state index contributed by atoms with van der Waals surface area (Å²) < 4.78 is 11.5. The number of ether oxygens (including phenoxy) is 1. The SMILES string of the molecule is Cc1nnc([C@H]2CCCN(C(=O)CCOc3c(C)cccc3C)[C@H]2C)o1. The van der Waals surface area contributed by atoms with E-state index in [1.54, 1.807) is 6.92 Å². The number of para-hydroxylation sites is 1. The second-order valence-electron chi connectivity index (χ2n) is 7.06. The van der Waals surface area contributed by atoms with Gasteiger partial charge in [-0.3, -0.25) is 4.79 Å². The Labute approximate surface area is 154 Å². The Bertz CT molecular complexity index is 751. The molecule has 0 unspecified atom stereocenters. The maximum absolute atomic E-state index is 12.7. The van der Waals surface area contributed by atoms with E-state index in [-0.39, 0.29) is 17.9 Å². The molecule has 1 saturated heterocycles. The number of benzene rings is 1. The van der Waals surface area contributed by atoms with Gasteiger partial charge in [0.25, 0.3) is 0 Å². The van der Waals surface area contributed by atoms with Crippen molar-refractivity contribution in [1.82, 2.24) is 15.1 Å². The number of hydrogen-bond donors (Lipinski definition) is 0. The average molecular weight is 357 g/mol. The fourth-order valence-electron chi connectivity index (χ4n) is 3.70. The summed E-state index contributed by atoms with van der Waals surface area (Å²) >= 11 is 0. The van der Waals surface area contributed by atoms with Crippen LogP contribution in [0.3, 0.4) is 0 Å². The van der Waals surface area contributed by atoms with Crippen LogP contribution in [-0.4, -0.2) is 40.2 Å². The largest absolute Gasteiger partial charge is 0.493 e. The number of amides is 1. The summed E-state index contributed by atoms with van der Waals surface area (Å²) in [6.45, 7) is 9.05. The fourth-order valence-corrected chi connectivity index (χ4v) is 3.70. The molecule has 1 aromatic heterocycles. The molecule has 0 saturated carbocycles. The molecule has 1 aliphatic rings. The van der Waals surface area contributed by atoms with Crippen molar-refractivity contribution < 1.29 is 13.9 Å². The van der Waals surface area contributed by atoms with E-state index in [0.717, 1.165) is 36.3 Å². The van der Waals surface area contributed by atoms with Gasteiger partial charge in [0, 0.05) is 19.5 Å². The number of piperidine rings is 1. The number of hydrogen-bond acceptors (Lipinski definition) is 5. The van der Waals surface area contributed by atoms with Crippen molar-refractivity contribution in [1.29, 1.82) is 0 Å². The van der Waals surface area contributed by atoms with Gasteiger partial charge in [0.05, 0.1) is 18.9 Å². The van der Waals surface area contributed by atoms with Gasteiger partial charge in [-0.15, -0.1) is 10.2 Å². The van der Waals surface area contributed by atoms with Crippen LogP contribution >= 0.6 is 0 Å². The second kappa shape index (κ2) is 7.89. The number of nitrogens with zero attached hydrogens (tertiary/aromatic N) is 3. The molecule has 0 radical (unpaired) electrons. The van der Waals surface area contributed by atoms with Crippen molar-refractivity contribution in [2.45, 2.75) is 58.9 Å². The summed E-state index contributed by atoms with van der Waals surface area (Å²) in [5.74, 6) is 2.31. The first-order valence-electron chi connectivity index (χ1n) is 9.26. The van der Waals surface area contributed by atoms with Crippen LogP contribution in [0.5, 0.6) is 5.75 Å². The van der Waals surface area contributed by atoms with Gasteiger partial charge in [0.1, 0.15) is 5.75 Å². The van der Waals surface area contributed by atoms with Crippen molar-refractivity contribution in [3.05, 3.63) is 41.1 Å². The molecule has 0 aliphatic carbocycles. The molecule has 0 spiro atoms. The monoisotopic (exact) mass is 357 g/mol. The Kier molecular flexibility index (Phi) is 5.59. The van der Waals surface area contributed by atoms with Gasteiger partial charge in [-0.2, -0.15) is 0 Å². The molecule has 6 heteroatoms. The van der Waals surface area contributed by atoms with E-state index in [0.29, 0.717) is 24.8 Å². The maximum Gasteiger partial charge on any atom is 0.226 e. The third kappa shape index (κ3) is 3.89. The van der Waals surface area contributed by atoms with Gasteiger partial charge in [-0.25, -0.2) is 0 Å². The lowest BCUT2D eigenvalue weighted by Gasteiger charge is -2.38. The van der Waals surface area contributed by atoms with E-state index < -0.39 is 0 Å². The Balaban J connectivity index is 1.58. The highest BCUT2D eigenvalue weighted by atomic mass is 16.5. The van der Waals surface area contributed by atoms with Gasteiger partial charge in [-0.1, -0.05) is 18.2 Å². The zero-order valence-electron chi connectivity index (χ0n) is 16.0. The molecular formula is C20H27N3O3. The lowest BCUT2D eigenvalue weighted by atomic mass is 9.90. The molecule has 140 valence electrons. The van der Waals surface area contributed by atoms with Crippen molar-refractivity contribution in [2.75, 3.05) is 13.2 Å². The zero-order valence-corrected chi connectivity index (χ0v) is 16.0. The van der Waals surface area contributed by atoms with Crippen LogP contribution in [0, 0.1) is 20.8 Å². The Morgan fingerprint density at radius 1 is 1.27 bits per heavy atom. The van der Waals surface area contributed by atoms with Gasteiger partial charge in [0.15, 0.2) is 0 Å². The quantitative estimate of drug-likeness (QED) is 0.818. The molecule has 0 N–H and O–H groups in total. The van der Waals surface area contributed by atoms with Crippen LogP contribution in [0.2, 0.25) is 0 Å². The molecule has 0 bridgehead atoms. The van der Waals surface area contributed by atoms with E-state index >= 15 is 0 Å². The molecule has 26 heavy (non-hydrogen) atoms. The standard InChI is InChI=1S/C20H27N3O3/c1-13-7-5-8-14(2)19(13)25-12-10-18(24)23-11-6-9-17(15(23)3)20-22-21-16(4)26-20/h5,7-8,15,17H,6,9-12H2,1-4H3/t15-,17-/m0/s1. The average Bonchev–Trinajstić information content (AvgIpc) is 3.03. The molecule has 2 aromatic rings. The highest BCUT2D eigenvalue weighted by molar-refractivity contribution is 5.77. The zero-order chi connectivity index (χ0) is 18.7. The number of rotatable bonds is 5. The third-order valence-electron chi connectivity index (χ3n) is 5.14. The molecule has 1 aliphatic heterocycles. The van der Waals surface area contributed by atoms with Gasteiger partial charge in [-0.05, 0) is 44.7 Å². The first kappa shape index (κ1) is 18.4. The number of aryl methyl sites for hydroxylation is 3. The van der Waals surface area contributed by atoms with Gasteiger partial charge >= 0.3 is 0 Å². The van der Waals surface area contributed by atoms with E-state index in [9.17, 15) is 4.79 Å². The number of carbonyl (C=O) groups is 1. The summed E-state index contributed by atoms with van der Waals surface area (Å²) in [6, 6.07) is 6.11. The summed E-state index contributed by atoms with van der Waals surface area (Å²) in [5, 5.41) is 8.08. The Hall–Kier alpha value is -2.37. The van der Waals surface area contributed by atoms with Crippen LogP contribution in [0.25, 0.3) is 0 Å². The minimum atomic E-state index is 0.0521. The highest BCUT2D eigenvalue weighted by Gasteiger charge is 2.34. The lowest BCUT2D eigenvalue weighted by Crippen LogP contribution is -2.46. The maximum atomic E-state index is 12.7. The van der Waals surface area contributed by atoms with Crippen molar-refractivity contribution in [2.24, 2.45) is 0 Å². The van der Waals surface area contributed by atoms with Crippen LogP contribution < -0.4 is 4.74 Å². The van der Waals surface area contributed by atoms with Crippen LogP contribution in [0.1, 0.15) is 55.0 Å². The van der Waals surface area contributed by atoms with Gasteiger partial charge < -0.3 is 14.1 Å². The second-order valence-corrected chi connectivity index (χ2v) is 7.06. The van der Waals surface area contributed by atoms with Crippen LogP contribution in [0.4, 0.5) is 0 Å². The van der Waals surface area contributed by atoms with E-state index in [2.05, 4.69) is 17.1 Å². The van der Waals surface area contributed by atoms with E-state index in [1.807, 2.05) is 36.9 Å². The predicted molar refractivity (Wildman–Crippen MR) is 98.2 cm³/mol. The molecule has 6 nitrogen and oxygen atoms in total. The van der Waals surface area contributed by atoms with Crippen LogP contribution in [0.15, 0.2) is 22.6 Å². The van der Waals surface area contributed by atoms with E-state index in [4.69, 9.17) is 9.15 Å². The summed E-state index contributed by atoms with van der Waals surface area (Å²) in [5.41, 5.74) is 2.19. The number of aromatic nitrogens is 2. The molecule has 1 fully saturated rings. The van der Waals surface area contributed by atoms with Gasteiger partial charge in [0.2, 0.25) is 17.7 Å². The van der Waals surface area contributed by atoms with E-state index in [1.165, 1.54) is 0 Å². The first-order valence-corrected chi connectivity index (χ1v) is 9.26. The Morgan fingerprint density at radius 2 is 2.00 bits per heavy atom. The predicted octanol–water partition coefficient (Wildman–Crippen LogP) is 3.56. The third-order valence-corrected chi connectivity index (χ3v) is 5.14. The topological polar surface area (TPSA) is 68.5 Å². The molecule has 1 amide bonds. The summed E-state index contributed by atoms with van der Waals surface area (Å²) in [7, 11) is 0. The first-order chi connectivity index (χ1) is 12.5. The normalized spacial score (nSPS) is 20.2. The van der Waals surface area contributed by atoms with Crippen molar-refractivity contribution in [3.63, 3.8) is 0 Å².